The van der Waals surface area contributed by atoms with E-state index < -0.39 is 0 Å². The van der Waals surface area contributed by atoms with Crippen molar-refractivity contribution in [1.29, 1.82) is 0 Å². The number of hydrogen-bond donors (Lipinski definition) is 0. The summed E-state index contributed by atoms with van der Waals surface area (Å²) in [7, 11) is 1.53. The van der Waals surface area contributed by atoms with E-state index >= 15 is 0 Å². The fraction of sp³-hybridized carbons (Fsp3) is 0.100. The molecule has 1 aromatic carbocycles. The number of ether oxygens (including phenoxy) is 1. The summed E-state index contributed by atoms with van der Waals surface area (Å²) < 4.78 is 6.53. The monoisotopic (exact) mass is 237 g/mol. The van der Waals surface area contributed by atoms with E-state index in [1.165, 1.54) is 18.0 Å². The number of nitrogens with zero attached hydrogens (tertiary/aromatic N) is 3. The molecule has 0 saturated carbocycles. The van der Waals surface area contributed by atoms with Gasteiger partial charge in [-0.15, -0.1) is 5.10 Å². The molecule has 5 nitrogen and oxygen atoms in total. The zero-order chi connectivity index (χ0) is 11.5. The van der Waals surface area contributed by atoms with Crippen molar-refractivity contribution >= 4 is 17.9 Å². The van der Waals surface area contributed by atoms with E-state index in [-0.39, 0.29) is 0 Å². The minimum atomic E-state index is 0.334. The van der Waals surface area contributed by atoms with E-state index in [1.807, 2.05) is 0 Å². The maximum absolute atomic E-state index is 10.8. The van der Waals surface area contributed by atoms with E-state index in [4.69, 9.17) is 16.3 Å². The molecule has 1 aromatic heterocycles. The van der Waals surface area contributed by atoms with Gasteiger partial charge in [-0.3, -0.25) is 4.79 Å². The van der Waals surface area contributed by atoms with Gasteiger partial charge in [-0.1, -0.05) is 16.8 Å². The number of methoxy groups -OCH3 is 1. The lowest BCUT2D eigenvalue weighted by Gasteiger charge is -2.08. The van der Waals surface area contributed by atoms with Crippen LogP contribution in [-0.2, 0) is 0 Å². The van der Waals surface area contributed by atoms with Crippen LogP contribution in [0.5, 0.6) is 5.75 Å². The maximum Gasteiger partial charge on any atom is 0.170 e. The number of rotatable bonds is 3. The summed E-state index contributed by atoms with van der Waals surface area (Å²) in [5.74, 6) is 0.568. The van der Waals surface area contributed by atoms with Crippen molar-refractivity contribution in [3.05, 3.63) is 35.1 Å². The maximum atomic E-state index is 10.8. The first-order chi connectivity index (χ1) is 7.76. The zero-order valence-corrected chi connectivity index (χ0v) is 9.18. The molecule has 0 fully saturated rings. The Balaban J connectivity index is 2.62. The van der Waals surface area contributed by atoms with E-state index in [1.54, 1.807) is 18.2 Å². The molecule has 16 heavy (non-hydrogen) atoms. The molecule has 0 spiro atoms. The fourth-order valence-electron chi connectivity index (χ4n) is 1.34. The van der Waals surface area contributed by atoms with Crippen molar-refractivity contribution in [1.82, 2.24) is 15.0 Å². The number of benzene rings is 1. The van der Waals surface area contributed by atoms with Crippen molar-refractivity contribution in [2.45, 2.75) is 0 Å². The molecule has 0 aliphatic carbocycles. The molecule has 0 aliphatic heterocycles. The molecule has 82 valence electrons. The first-order valence-electron chi connectivity index (χ1n) is 4.46. The number of carbonyl (C=O) groups excluding carboxylic acids is 1. The Morgan fingerprint density at radius 1 is 1.50 bits per heavy atom. The minimum absolute atomic E-state index is 0.334. The molecule has 1 heterocycles. The van der Waals surface area contributed by atoms with Crippen LogP contribution < -0.4 is 4.74 Å². The van der Waals surface area contributed by atoms with Crippen LogP contribution in [0.3, 0.4) is 0 Å². The molecule has 2 rings (SSSR count). The highest BCUT2D eigenvalue weighted by molar-refractivity contribution is 6.30. The summed E-state index contributed by atoms with van der Waals surface area (Å²) in [4.78, 5) is 10.8. The molecule has 0 amide bonds. The Bertz CT molecular complexity index is 525. The highest BCUT2D eigenvalue weighted by atomic mass is 35.5. The van der Waals surface area contributed by atoms with Gasteiger partial charge in [-0.25, -0.2) is 4.68 Å². The quantitative estimate of drug-likeness (QED) is 0.763. The van der Waals surface area contributed by atoms with Gasteiger partial charge >= 0.3 is 0 Å². The lowest BCUT2D eigenvalue weighted by Crippen LogP contribution is -2.03. The van der Waals surface area contributed by atoms with Crippen LogP contribution in [0.4, 0.5) is 0 Å². The van der Waals surface area contributed by atoms with Crippen molar-refractivity contribution in [3.8, 4) is 11.4 Å². The van der Waals surface area contributed by atoms with Crippen molar-refractivity contribution in [3.63, 3.8) is 0 Å². The fourth-order valence-corrected chi connectivity index (χ4v) is 1.51. The van der Waals surface area contributed by atoms with Crippen LogP contribution in [0.15, 0.2) is 24.4 Å². The van der Waals surface area contributed by atoms with Crippen molar-refractivity contribution in [2.75, 3.05) is 7.11 Å². The number of carbonyl (C=O) groups is 1. The molecule has 0 unspecified atom stereocenters. The van der Waals surface area contributed by atoms with Crippen LogP contribution in [0.2, 0.25) is 5.02 Å². The lowest BCUT2D eigenvalue weighted by molar-refractivity contribution is 0.111. The molecule has 0 saturated heterocycles. The summed E-state index contributed by atoms with van der Waals surface area (Å²) in [6.45, 7) is 0. The summed E-state index contributed by atoms with van der Waals surface area (Å²) in [6, 6.07) is 5.05. The van der Waals surface area contributed by atoms with Gasteiger partial charge in [-0.05, 0) is 18.2 Å². The molecular formula is C10H8ClN3O2. The molecule has 0 N–H and O–H groups in total. The summed E-state index contributed by atoms with van der Waals surface area (Å²) in [5.41, 5.74) is 0.912. The Morgan fingerprint density at radius 2 is 2.31 bits per heavy atom. The van der Waals surface area contributed by atoms with Crippen LogP contribution in [0.25, 0.3) is 5.69 Å². The largest absolute Gasteiger partial charge is 0.494 e. The van der Waals surface area contributed by atoms with E-state index in [2.05, 4.69) is 10.3 Å². The number of hydrogen-bond acceptors (Lipinski definition) is 4. The Morgan fingerprint density at radius 3 is 3.00 bits per heavy atom. The SMILES string of the molecule is COc1ccc(Cl)cc1-n1nncc1C=O. The van der Waals surface area contributed by atoms with Crippen molar-refractivity contribution in [2.24, 2.45) is 0 Å². The van der Waals surface area contributed by atoms with Crippen LogP contribution in [0.1, 0.15) is 10.5 Å². The third-order valence-electron chi connectivity index (χ3n) is 2.07. The lowest BCUT2D eigenvalue weighted by atomic mass is 10.3. The number of halogens is 1. The van der Waals surface area contributed by atoms with Gasteiger partial charge in [-0.2, -0.15) is 0 Å². The average molecular weight is 238 g/mol. The second-order valence-corrected chi connectivity index (χ2v) is 3.44. The van der Waals surface area contributed by atoms with Gasteiger partial charge in [0.15, 0.2) is 6.29 Å². The Kier molecular flexibility index (Phi) is 2.87. The standard InChI is InChI=1S/C10H8ClN3O2/c1-16-10-3-2-7(11)4-9(10)14-8(6-15)5-12-13-14/h2-6H,1H3. The molecule has 0 radical (unpaired) electrons. The molecule has 2 aromatic rings. The average Bonchev–Trinajstić information content (AvgIpc) is 2.76. The first-order valence-corrected chi connectivity index (χ1v) is 4.84. The topological polar surface area (TPSA) is 57.0 Å². The zero-order valence-electron chi connectivity index (χ0n) is 8.42. The van der Waals surface area contributed by atoms with E-state index in [9.17, 15) is 4.79 Å². The minimum Gasteiger partial charge on any atom is -0.494 e. The van der Waals surface area contributed by atoms with Gasteiger partial charge < -0.3 is 4.74 Å². The highest BCUT2D eigenvalue weighted by Gasteiger charge is 2.11. The molecule has 0 atom stereocenters. The second-order valence-electron chi connectivity index (χ2n) is 3.00. The predicted molar refractivity (Wildman–Crippen MR) is 58.3 cm³/mol. The molecule has 0 bridgehead atoms. The Labute approximate surface area is 96.6 Å². The Hall–Kier alpha value is -1.88. The molecule has 6 heteroatoms. The number of aldehydes is 1. The first kappa shape index (κ1) is 10.6. The molecular weight excluding hydrogens is 230 g/mol. The highest BCUT2D eigenvalue weighted by Crippen LogP contribution is 2.26. The van der Waals surface area contributed by atoms with Crippen LogP contribution >= 0.6 is 11.6 Å². The van der Waals surface area contributed by atoms with Crippen LogP contribution in [0, 0.1) is 0 Å². The van der Waals surface area contributed by atoms with E-state index in [0.29, 0.717) is 28.4 Å². The molecule has 0 aliphatic rings. The van der Waals surface area contributed by atoms with Crippen molar-refractivity contribution < 1.29 is 9.53 Å². The van der Waals surface area contributed by atoms with Crippen LogP contribution in [-0.4, -0.2) is 28.4 Å². The van der Waals surface area contributed by atoms with Gasteiger partial charge in [0.1, 0.15) is 17.1 Å². The predicted octanol–water partition coefficient (Wildman–Crippen LogP) is 1.74. The summed E-state index contributed by atoms with van der Waals surface area (Å²) in [6.07, 6.45) is 2.04. The van der Waals surface area contributed by atoms with E-state index in [0.717, 1.165) is 0 Å². The van der Waals surface area contributed by atoms with Gasteiger partial charge in [0.25, 0.3) is 0 Å². The normalized spacial score (nSPS) is 10.1. The third-order valence-corrected chi connectivity index (χ3v) is 2.30. The number of aromatic nitrogens is 3. The smallest absolute Gasteiger partial charge is 0.170 e. The third kappa shape index (κ3) is 1.77. The second kappa shape index (κ2) is 4.32. The van der Waals surface area contributed by atoms with Gasteiger partial charge in [0.2, 0.25) is 0 Å². The van der Waals surface area contributed by atoms with Gasteiger partial charge in [0.05, 0.1) is 13.3 Å². The summed E-state index contributed by atoms with van der Waals surface area (Å²) in [5, 5.41) is 7.99. The van der Waals surface area contributed by atoms with Gasteiger partial charge in [0, 0.05) is 5.02 Å². The summed E-state index contributed by atoms with van der Waals surface area (Å²) >= 11 is 5.88.